The first-order valence-corrected chi connectivity index (χ1v) is 6.74. The molecule has 0 spiro atoms. The van der Waals surface area contributed by atoms with E-state index in [1.807, 2.05) is 0 Å². The van der Waals surface area contributed by atoms with Crippen molar-refractivity contribution in [2.45, 2.75) is 26.4 Å². The molecule has 6 heteroatoms. The van der Waals surface area contributed by atoms with E-state index in [0.717, 1.165) is 0 Å². The lowest BCUT2D eigenvalue weighted by atomic mass is 10.1. The molecule has 0 aliphatic heterocycles. The Morgan fingerprint density at radius 3 is 2.55 bits per heavy atom. The largest absolute Gasteiger partial charge is 0.465 e. The summed E-state index contributed by atoms with van der Waals surface area (Å²) in [5.41, 5.74) is -0.108. The second kappa shape index (κ2) is 7.59. The minimum absolute atomic E-state index is 0.119. The Morgan fingerprint density at radius 2 is 2.00 bits per heavy atom. The molecule has 0 radical (unpaired) electrons. The van der Waals surface area contributed by atoms with Gasteiger partial charge in [-0.3, -0.25) is 0 Å². The van der Waals surface area contributed by atoms with Crippen LogP contribution >= 0.6 is 0 Å². The maximum Gasteiger partial charge on any atom is 0.407 e. The number of methoxy groups -OCH3 is 1. The molecule has 0 saturated heterocycles. The average molecular weight is 309 g/mol. The number of carbonyl (C=O) groups excluding carboxylic acids is 2. The van der Waals surface area contributed by atoms with E-state index in [1.165, 1.54) is 19.2 Å². The van der Waals surface area contributed by atoms with E-state index in [4.69, 9.17) is 4.74 Å². The van der Waals surface area contributed by atoms with Gasteiger partial charge in [-0.1, -0.05) is 18.2 Å². The summed E-state index contributed by atoms with van der Waals surface area (Å²) >= 11 is 0. The highest BCUT2D eigenvalue weighted by molar-refractivity contribution is 5.89. The van der Waals surface area contributed by atoms with Crippen LogP contribution in [0.25, 0.3) is 6.08 Å². The Kier molecular flexibility index (Phi) is 6.10. The van der Waals surface area contributed by atoms with Crippen molar-refractivity contribution in [2.24, 2.45) is 0 Å². The summed E-state index contributed by atoms with van der Waals surface area (Å²) in [5.74, 6) is -1.38. The number of amides is 1. The van der Waals surface area contributed by atoms with Crippen LogP contribution < -0.4 is 5.32 Å². The first-order valence-electron chi connectivity index (χ1n) is 6.74. The fourth-order valence-electron chi connectivity index (χ4n) is 1.56. The van der Waals surface area contributed by atoms with Crippen LogP contribution in [0.15, 0.2) is 24.3 Å². The molecule has 0 aliphatic carbocycles. The summed E-state index contributed by atoms with van der Waals surface area (Å²) in [7, 11) is 1.19. The molecule has 0 bridgehead atoms. The highest BCUT2D eigenvalue weighted by atomic mass is 19.1. The number of ether oxygens (including phenoxy) is 2. The van der Waals surface area contributed by atoms with Gasteiger partial charge in [0.2, 0.25) is 0 Å². The van der Waals surface area contributed by atoms with Gasteiger partial charge in [0, 0.05) is 6.54 Å². The summed E-state index contributed by atoms with van der Waals surface area (Å²) in [5, 5.41) is 2.55. The molecular formula is C16H20FNO4. The molecule has 0 heterocycles. The zero-order valence-electron chi connectivity index (χ0n) is 13.1. The topological polar surface area (TPSA) is 64.6 Å². The van der Waals surface area contributed by atoms with Crippen LogP contribution in [0.1, 0.15) is 36.7 Å². The van der Waals surface area contributed by atoms with Gasteiger partial charge in [-0.2, -0.15) is 0 Å². The fourth-order valence-corrected chi connectivity index (χ4v) is 1.56. The number of nitrogens with one attached hydrogen (secondary N) is 1. The first kappa shape index (κ1) is 17.7. The van der Waals surface area contributed by atoms with Gasteiger partial charge in [-0.05, 0) is 38.5 Å². The fraction of sp³-hybridized carbons (Fsp3) is 0.375. The minimum Gasteiger partial charge on any atom is -0.465 e. The van der Waals surface area contributed by atoms with E-state index in [2.05, 4.69) is 10.1 Å². The molecule has 1 rings (SSSR count). The van der Waals surface area contributed by atoms with Crippen molar-refractivity contribution in [1.82, 2.24) is 5.32 Å². The molecule has 0 saturated carbocycles. The second-order valence-electron chi connectivity index (χ2n) is 5.52. The van der Waals surface area contributed by atoms with E-state index in [9.17, 15) is 14.0 Å². The van der Waals surface area contributed by atoms with Gasteiger partial charge >= 0.3 is 12.1 Å². The number of benzene rings is 1. The molecular weight excluding hydrogens is 289 g/mol. The van der Waals surface area contributed by atoms with Crippen molar-refractivity contribution < 1.29 is 23.5 Å². The third kappa shape index (κ3) is 5.95. The molecule has 0 unspecified atom stereocenters. The number of alkyl carbamates (subject to hydrolysis) is 1. The number of hydrogen-bond donors (Lipinski definition) is 1. The quantitative estimate of drug-likeness (QED) is 0.868. The third-order valence-electron chi connectivity index (χ3n) is 2.47. The Balaban J connectivity index is 2.56. The Labute approximate surface area is 129 Å². The number of rotatable bonds is 4. The van der Waals surface area contributed by atoms with Gasteiger partial charge in [0.1, 0.15) is 11.4 Å². The van der Waals surface area contributed by atoms with Crippen LogP contribution in [0.2, 0.25) is 0 Å². The maximum atomic E-state index is 13.7. The molecule has 1 aromatic rings. The molecule has 1 N–H and O–H groups in total. The maximum absolute atomic E-state index is 13.7. The van der Waals surface area contributed by atoms with Crippen LogP contribution in [0.5, 0.6) is 0 Å². The van der Waals surface area contributed by atoms with E-state index < -0.39 is 23.5 Å². The molecule has 0 aromatic heterocycles. The molecule has 5 nitrogen and oxygen atoms in total. The average Bonchev–Trinajstić information content (AvgIpc) is 2.41. The smallest absolute Gasteiger partial charge is 0.407 e. The van der Waals surface area contributed by atoms with Crippen molar-refractivity contribution in [2.75, 3.05) is 13.7 Å². The lowest BCUT2D eigenvalue weighted by Gasteiger charge is -2.19. The Morgan fingerprint density at radius 1 is 1.32 bits per heavy atom. The lowest BCUT2D eigenvalue weighted by Crippen LogP contribution is -2.32. The van der Waals surface area contributed by atoms with E-state index in [1.54, 1.807) is 39.0 Å². The highest BCUT2D eigenvalue weighted by Gasteiger charge is 2.15. The minimum atomic E-state index is -0.723. The lowest BCUT2D eigenvalue weighted by molar-refractivity contribution is 0.0532. The zero-order chi connectivity index (χ0) is 16.8. The van der Waals surface area contributed by atoms with Crippen LogP contribution in [-0.2, 0) is 9.47 Å². The molecule has 1 amide bonds. The number of esters is 1. The second-order valence-corrected chi connectivity index (χ2v) is 5.52. The monoisotopic (exact) mass is 309 g/mol. The van der Waals surface area contributed by atoms with Crippen LogP contribution in [0, 0.1) is 5.82 Å². The normalized spacial score (nSPS) is 11.3. The van der Waals surface area contributed by atoms with Crippen molar-refractivity contribution >= 4 is 18.1 Å². The van der Waals surface area contributed by atoms with Crippen molar-refractivity contribution in [3.63, 3.8) is 0 Å². The van der Waals surface area contributed by atoms with Crippen molar-refractivity contribution in [3.8, 4) is 0 Å². The van der Waals surface area contributed by atoms with Gasteiger partial charge in [0.15, 0.2) is 0 Å². The standard InChI is InChI=1S/C16H20FNO4/c1-16(2,3)22-15(20)18-9-5-6-11-7-8-12(13(17)10-11)14(19)21-4/h5-8,10H,9H2,1-4H3,(H,18,20). The number of hydrogen-bond acceptors (Lipinski definition) is 4. The molecule has 120 valence electrons. The summed E-state index contributed by atoms with van der Waals surface area (Å²) in [6, 6.07) is 4.15. The predicted octanol–water partition coefficient (Wildman–Crippen LogP) is 3.15. The predicted molar refractivity (Wildman–Crippen MR) is 81.0 cm³/mol. The van der Waals surface area contributed by atoms with Gasteiger partial charge in [-0.25, -0.2) is 14.0 Å². The molecule has 0 fully saturated rings. The highest BCUT2D eigenvalue weighted by Crippen LogP contribution is 2.12. The summed E-state index contributed by atoms with van der Waals surface area (Å²) < 4.78 is 23.2. The van der Waals surface area contributed by atoms with Gasteiger partial charge in [0.25, 0.3) is 0 Å². The van der Waals surface area contributed by atoms with Crippen molar-refractivity contribution in [3.05, 3.63) is 41.2 Å². The van der Waals surface area contributed by atoms with Gasteiger partial charge in [0.05, 0.1) is 12.7 Å². The van der Waals surface area contributed by atoms with Crippen molar-refractivity contribution in [1.29, 1.82) is 0 Å². The SMILES string of the molecule is COC(=O)c1ccc(C=CCNC(=O)OC(C)(C)C)cc1F. The molecule has 22 heavy (non-hydrogen) atoms. The van der Waals surface area contributed by atoms with E-state index in [-0.39, 0.29) is 12.1 Å². The van der Waals surface area contributed by atoms with Crippen LogP contribution in [0.3, 0.4) is 0 Å². The summed E-state index contributed by atoms with van der Waals surface area (Å²) in [6.45, 7) is 5.56. The molecule has 0 atom stereocenters. The Bertz CT molecular complexity index is 576. The molecule has 1 aromatic carbocycles. The number of carbonyl (C=O) groups is 2. The van der Waals surface area contributed by atoms with Gasteiger partial charge in [-0.15, -0.1) is 0 Å². The first-order chi connectivity index (χ1) is 10.2. The number of halogens is 1. The van der Waals surface area contributed by atoms with Crippen LogP contribution in [-0.4, -0.2) is 31.3 Å². The summed E-state index contributed by atoms with van der Waals surface area (Å²) in [4.78, 5) is 22.7. The van der Waals surface area contributed by atoms with Gasteiger partial charge < -0.3 is 14.8 Å². The van der Waals surface area contributed by atoms with E-state index >= 15 is 0 Å². The summed E-state index contributed by atoms with van der Waals surface area (Å²) in [6.07, 6.45) is 2.75. The zero-order valence-corrected chi connectivity index (χ0v) is 13.1. The Hall–Kier alpha value is -2.37. The van der Waals surface area contributed by atoms with E-state index in [0.29, 0.717) is 5.56 Å². The van der Waals surface area contributed by atoms with Crippen LogP contribution in [0.4, 0.5) is 9.18 Å². The molecule has 0 aliphatic rings. The third-order valence-corrected chi connectivity index (χ3v) is 2.47.